The highest BCUT2D eigenvalue weighted by Gasteiger charge is 2.17. The Morgan fingerprint density at radius 3 is 2.76 bits per heavy atom. The van der Waals surface area contributed by atoms with E-state index in [1.165, 1.54) is 12.8 Å². The van der Waals surface area contributed by atoms with Gasteiger partial charge in [0.2, 0.25) is 5.28 Å². The van der Waals surface area contributed by atoms with E-state index >= 15 is 0 Å². The third-order valence-corrected chi connectivity index (χ3v) is 3.25. The van der Waals surface area contributed by atoms with Crippen LogP contribution in [0, 0.1) is 0 Å². The van der Waals surface area contributed by atoms with Crippen LogP contribution in [0.25, 0.3) is 0 Å². The van der Waals surface area contributed by atoms with Gasteiger partial charge in [0.15, 0.2) is 0 Å². The Morgan fingerprint density at radius 1 is 1.47 bits per heavy atom. The van der Waals surface area contributed by atoms with Crippen LogP contribution in [0.1, 0.15) is 18.5 Å². The van der Waals surface area contributed by atoms with E-state index in [1.54, 1.807) is 6.20 Å². The molecule has 17 heavy (non-hydrogen) atoms. The Labute approximate surface area is 113 Å². The van der Waals surface area contributed by atoms with Gasteiger partial charge in [-0.25, -0.2) is 9.97 Å². The highest BCUT2D eigenvalue weighted by atomic mass is 35.5. The highest BCUT2D eigenvalue weighted by Crippen LogP contribution is 2.13. The Balaban J connectivity index is 0.00000144. The van der Waals surface area contributed by atoms with Crippen molar-refractivity contribution < 1.29 is 0 Å². The SMILES string of the molecule is CNC1CCN(Cc2ccnc(Cl)n2)CC1.Cl. The number of halogens is 2. The molecule has 0 amide bonds. The van der Waals surface area contributed by atoms with Crippen LogP contribution in [0.2, 0.25) is 5.28 Å². The van der Waals surface area contributed by atoms with Crippen molar-refractivity contribution in [2.24, 2.45) is 0 Å². The molecule has 0 bridgehead atoms. The van der Waals surface area contributed by atoms with E-state index in [0.29, 0.717) is 11.3 Å². The second-order valence-corrected chi connectivity index (χ2v) is 4.49. The predicted octanol–water partition coefficient (Wildman–Crippen LogP) is 1.74. The van der Waals surface area contributed by atoms with Crippen LogP contribution in [-0.4, -0.2) is 41.0 Å². The van der Waals surface area contributed by atoms with Crippen LogP contribution < -0.4 is 5.32 Å². The highest BCUT2D eigenvalue weighted by molar-refractivity contribution is 6.28. The smallest absolute Gasteiger partial charge is 0.222 e. The van der Waals surface area contributed by atoms with Gasteiger partial charge in [-0.15, -0.1) is 12.4 Å². The maximum Gasteiger partial charge on any atom is 0.222 e. The fourth-order valence-corrected chi connectivity index (χ4v) is 2.23. The number of hydrogen-bond acceptors (Lipinski definition) is 4. The molecule has 4 nitrogen and oxygen atoms in total. The van der Waals surface area contributed by atoms with Crippen molar-refractivity contribution in [2.45, 2.75) is 25.4 Å². The zero-order chi connectivity index (χ0) is 11.4. The van der Waals surface area contributed by atoms with E-state index in [9.17, 15) is 0 Å². The molecule has 2 heterocycles. The van der Waals surface area contributed by atoms with E-state index in [-0.39, 0.29) is 12.4 Å². The van der Waals surface area contributed by atoms with Crippen LogP contribution in [0.3, 0.4) is 0 Å². The molecule has 0 radical (unpaired) electrons. The van der Waals surface area contributed by atoms with Crippen LogP contribution >= 0.6 is 24.0 Å². The predicted molar refractivity (Wildman–Crippen MR) is 71.6 cm³/mol. The van der Waals surface area contributed by atoms with Crippen molar-refractivity contribution in [1.82, 2.24) is 20.2 Å². The monoisotopic (exact) mass is 276 g/mol. The van der Waals surface area contributed by atoms with Gasteiger partial charge in [-0.1, -0.05) is 0 Å². The normalized spacial score (nSPS) is 17.8. The van der Waals surface area contributed by atoms with Gasteiger partial charge in [-0.05, 0) is 37.6 Å². The third-order valence-electron chi connectivity index (χ3n) is 3.07. The van der Waals surface area contributed by atoms with Crippen molar-refractivity contribution in [2.75, 3.05) is 20.1 Å². The molecule has 0 unspecified atom stereocenters. The second kappa shape index (κ2) is 7.11. The summed E-state index contributed by atoms with van der Waals surface area (Å²) in [6.07, 6.45) is 4.12. The van der Waals surface area contributed by atoms with Crippen molar-refractivity contribution in [3.05, 3.63) is 23.2 Å². The molecule has 1 aromatic heterocycles. The van der Waals surface area contributed by atoms with Gasteiger partial charge >= 0.3 is 0 Å². The molecule has 1 aliphatic rings. The molecule has 1 aliphatic heterocycles. The summed E-state index contributed by atoms with van der Waals surface area (Å²) in [7, 11) is 2.03. The Hall–Kier alpha value is -0.420. The molecule has 96 valence electrons. The average Bonchev–Trinajstić information content (AvgIpc) is 2.30. The van der Waals surface area contributed by atoms with Gasteiger partial charge in [0.25, 0.3) is 0 Å². The molecule has 0 saturated carbocycles. The van der Waals surface area contributed by atoms with Crippen molar-refractivity contribution in [3.63, 3.8) is 0 Å². The number of aromatic nitrogens is 2. The summed E-state index contributed by atoms with van der Waals surface area (Å²) in [5.41, 5.74) is 1.00. The summed E-state index contributed by atoms with van der Waals surface area (Å²) < 4.78 is 0. The van der Waals surface area contributed by atoms with Crippen LogP contribution in [-0.2, 0) is 6.54 Å². The lowest BCUT2D eigenvalue weighted by atomic mass is 10.1. The summed E-state index contributed by atoms with van der Waals surface area (Å²) in [5.74, 6) is 0. The quantitative estimate of drug-likeness (QED) is 0.854. The summed E-state index contributed by atoms with van der Waals surface area (Å²) in [4.78, 5) is 10.5. The Kier molecular flexibility index (Phi) is 6.12. The third kappa shape index (κ3) is 4.39. The molecule has 0 atom stereocenters. The number of hydrogen-bond donors (Lipinski definition) is 1. The molecule has 1 aromatic rings. The average molecular weight is 277 g/mol. The Bertz CT molecular complexity index is 340. The minimum atomic E-state index is 0. The zero-order valence-electron chi connectivity index (χ0n) is 9.90. The molecule has 2 rings (SSSR count). The molecule has 6 heteroatoms. The first-order valence-corrected chi connectivity index (χ1v) is 6.03. The van der Waals surface area contributed by atoms with E-state index in [2.05, 4.69) is 20.2 Å². The van der Waals surface area contributed by atoms with E-state index in [4.69, 9.17) is 11.6 Å². The fraction of sp³-hybridized carbons (Fsp3) is 0.636. The summed E-state index contributed by atoms with van der Waals surface area (Å²) in [6.45, 7) is 3.11. The molecule has 1 N–H and O–H groups in total. The molecule has 0 aliphatic carbocycles. The van der Waals surface area contributed by atoms with Gasteiger partial charge in [0.05, 0.1) is 5.69 Å². The first-order chi connectivity index (χ1) is 7.78. The van der Waals surface area contributed by atoms with E-state index in [0.717, 1.165) is 25.3 Å². The second-order valence-electron chi connectivity index (χ2n) is 4.16. The summed E-state index contributed by atoms with van der Waals surface area (Å²) in [5, 5.41) is 3.66. The van der Waals surface area contributed by atoms with Crippen molar-refractivity contribution in [3.8, 4) is 0 Å². The maximum atomic E-state index is 5.76. The lowest BCUT2D eigenvalue weighted by molar-refractivity contribution is 0.192. The summed E-state index contributed by atoms with van der Waals surface area (Å²) in [6, 6.07) is 2.60. The molecule has 0 aromatic carbocycles. The number of rotatable bonds is 3. The zero-order valence-corrected chi connectivity index (χ0v) is 11.5. The van der Waals surface area contributed by atoms with Gasteiger partial charge < -0.3 is 5.32 Å². The minimum absolute atomic E-state index is 0. The van der Waals surface area contributed by atoms with Gasteiger partial charge in [-0.3, -0.25) is 4.90 Å². The van der Waals surface area contributed by atoms with Crippen LogP contribution in [0.15, 0.2) is 12.3 Å². The molecule has 1 saturated heterocycles. The van der Waals surface area contributed by atoms with Crippen LogP contribution in [0.4, 0.5) is 0 Å². The topological polar surface area (TPSA) is 41.0 Å². The van der Waals surface area contributed by atoms with Crippen molar-refractivity contribution in [1.29, 1.82) is 0 Å². The van der Waals surface area contributed by atoms with Gasteiger partial charge in [0.1, 0.15) is 0 Å². The molecular formula is C11H18Cl2N4. The Morgan fingerprint density at radius 2 is 2.18 bits per heavy atom. The minimum Gasteiger partial charge on any atom is -0.317 e. The lowest BCUT2D eigenvalue weighted by Crippen LogP contribution is -2.40. The van der Waals surface area contributed by atoms with E-state index < -0.39 is 0 Å². The van der Waals surface area contributed by atoms with Crippen molar-refractivity contribution >= 4 is 24.0 Å². The van der Waals surface area contributed by atoms with Gasteiger partial charge in [-0.2, -0.15) is 0 Å². The van der Waals surface area contributed by atoms with Crippen LogP contribution in [0.5, 0.6) is 0 Å². The fourth-order valence-electron chi connectivity index (χ4n) is 2.07. The number of piperidine rings is 1. The van der Waals surface area contributed by atoms with E-state index in [1.807, 2.05) is 13.1 Å². The number of likely N-dealkylation sites (tertiary alicyclic amines) is 1. The maximum absolute atomic E-state index is 5.76. The largest absolute Gasteiger partial charge is 0.317 e. The van der Waals surface area contributed by atoms with Gasteiger partial charge in [0, 0.05) is 31.9 Å². The number of nitrogens with zero attached hydrogens (tertiary/aromatic N) is 3. The first-order valence-electron chi connectivity index (χ1n) is 5.65. The standard InChI is InChI=1S/C11H17ClN4.ClH/c1-13-9-3-6-16(7-4-9)8-10-2-5-14-11(12)15-10;/h2,5,9,13H,3-4,6-8H2,1H3;1H. The summed E-state index contributed by atoms with van der Waals surface area (Å²) >= 11 is 5.76. The number of nitrogens with one attached hydrogen (secondary N) is 1. The molecule has 1 fully saturated rings. The lowest BCUT2D eigenvalue weighted by Gasteiger charge is -2.31. The molecule has 0 spiro atoms. The molecular weight excluding hydrogens is 259 g/mol. The first kappa shape index (κ1) is 14.6.